The van der Waals surface area contributed by atoms with Crippen LogP contribution in [0.5, 0.6) is 0 Å². The smallest absolute Gasteiger partial charge is 0.240 e. The van der Waals surface area contributed by atoms with Crippen LogP contribution in [-0.2, 0) is 17.8 Å². The first kappa shape index (κ1) is 26.3. The summed E-state index contributed by atoms with van der Waals surface area (Å²) in [5.41, 5.74) is 1.38. The van der Waals surface area contributed by atoms with E-state index in [1.165, 1.54) is 37.7 Å². The summed E-state index contributed by atoms with van der Waals surface area (Å²) in [6, 6.07) is 8.87. The second kappa shape index (κ2) is 11.6. The second-order valence-electron chi connectivity index (χ2n) is 12.4. The Morgan fingerprint density at radius 1 is 1.03 bits per heavy atom. The van der Waals surface area contributed by atoms with Gasteiger partial charge in [-0.25, -0.2) is 4.98 Å². The van der Waals surface area contributed by atoms with Crippen molar-refractivity contribution in [1.29, 1.82) is 0 Å². The molecule has 3 saturated heterocycles. The zero-order valence-electron chi connectivity index (χ0n) is 22.5. The first-order valence-corrected chi connectivity index (χ1v) is 15.3. The minimum atomic E-state index is -0.195. The van der Waals surface area contributed by atoms with E-state index in [1.807, 2.05) is 18.5 Å². The van der Waals surface area contributed by atoms with Gasteiger partial charge in [-0.2, -0.15) is 5.10 Å². The number of aromatic nitrogens is 3. The van der Waals surface area contributed by atoms with E-state index in [0.29, 0.717) is 30.5 Å². The van der Waals surface area contributed by atoms with E-state index in [1.54, 1.807) is 6.33 Å². The predicted octanol–water partition coefficient (Wildman–Crippen LogP) is 4.60. The molecule has 1 aromatic carbocycles. The lowest BCUT2D eigenvalue weighted by atomic mass is 9.62. The Hall–Kier alpha value is -1.96. The summed E-state index contributed by atoms with van der Waals surface area (Å²) in [7, 11) is 0. The Labute approximate surface area is 232 Å². The van der Waals surface area contributed by atoms with Gasteiger partial charge < -0.3 is 15.5 Å². The molecule has 2 bridgehead atoms. The average Bonchev–Trinajstić information content (AvgIpc) is 3.55. The highest BCUT2D eigenvalue weighted by Crippen LogP contribution is 2.54. The molecule has 38 heavy (non-hydrogen) atoms. The summed E-state index contributed by atoms with van der Waals surface area (Å²) < 4.78 is 2.06. The minimum absolute atomic E-state index is 0.195. The van der Waals surface area contributed by atoms with Crippen LogP contribution in [0.3, 0.4) is 0 Å². The fourth-order valence-corrected chi connectivity index (χ4v) is 8.34. The van der Waals surface area contributed by atoms with Crippen molar-refractivity contribution in [3.63, 3.8) is 0 Å². The van der Waals surface area contributed by atoms with Crippen molar-refractivity contribution in [3.8, 4) is 0 Å². The molecule has 1 amide bonds. The Morgan fingerprint density at radius 3 is 2.39 bits per heavy atom. The molecule has 2 unspecified atom stereocenters. The maximum atomic E-state index is 14.4. The number of fused-ring (bicyclic) bond motifs is 2. The molecule has 0 spiro atoms. The van der Waals surface area contributed by atoms with Crippen molar-refractivity contribution >= 4 is 17.5 Å². The van der Waals surface area contributed by atoms with Crippen molar-refractivity contribution in [2.24, 2.45) is 11.3 Å². The molecule has 7 nitrogen and oxygen atoms in total. The predicted molar refractivity (Wildman–Crippen MR) is 150 cm³/mol. The number of nitrogens with zero attached hydrogens (tertiary/aromatic N) is 4. The second-order valence-corrected chi connectivity index (χ2v) is 12.8. The highest BCUT2D eigenvalue weighted by atomic mass is 35.5. The minimum Gasteiger partial charge on any atom is -0.335 e. The number of rotatable bonds is 8. The average molecular weight is 539 g/mol. The van der Waals surface area contributed by atoms with Gasteiger partial charge in [-0.1, -0.05) is 43.0 Å². The molecular formula is C30H43ClN6O. The number of amides is 1. The van der Waals surface area contributed by atoms with Gasteiger partial charge in [0.25, 0.3) is 0 Å². The van der Waals surface area contributed by atoms with Crippen molar-refractivity contribution in [2.75, 3.05) is 13.1 Å². The number of halogens is 1. The fraction of sp³-hybridized carbons (Fsp3) is 0.700. The lowest BCUT2D eigenvalue weighted by Crippen LogP contribution is -2.59. The summed E-state index contributed by atoms with van der Waals surface area (Å²) in [5, 5.41) is 12.5. The molecule has 3 aliphatic heterocycles. The third-order valence-electron chi connectivity index (χ3n) is 10.0. The number of carbonyl (C=O) groups excluding carboxylic acids is 1. The van der Waals surface area contributed by atoms with Gasteiger partial charge in [0, 0.05) is 29.7 Å². The molecule has 4 aliphatic rings. The molecule has 2 aromatic rings. The van der Waals surface area contributed by atoms with Crippen molar-refractivity contribution in [1.82, 2.24) is 30.3 Å². The van der Waals surface area contributed by atoms with E-state index in [4.69, 9.17) is 11.6 Å². The van der Waals surface area contributed by atoms with Gasteiger partial charge >= 0.3 is 0 Å². The van der Waals surface area contributed by atoms with Crippen LogP contribution in [0.25, 0.3) is 0 Å². The van der Waals surface area contributed by atoms with Crippen LogP contribution < -0.4 is 10.6 Å². The summed E-state index contributed by atoms with van der Waals surface area (Å²) in [6.07, 6.45) is 17.5. The van der Waals surface area contributed by atoms with Crippen LogP contribution in [0.4, 0.5) is 0 Å². The maximum Gasteiger partial charge on any atom is 0.240 e. The maximum absolute atomic E-state index is 14.4. The Balaban J connectivity index is 1.23. The van der Waals surface area contributed by atoms with E-state index < -0.39 is 0 Å². The molecule has 1 aromatic heterocycles. The monoisotopic (exact) mass is 538 g/mol. The number of hydrogen-bond acceptors (Lipinski definition) is 5. The zero-order chi connectivity index (χ0) is 26.0. The molecule has 2 N–H and O–H groups in total. The van der Waals surface area contributed by atoms with Crippen LogP contribution in [0.2, 0.25) is 5.02 Å². The molecule has 6 rings (SSSR count). The molecule has 4 fully saturated rings. The normalized spacial score (nSPS) is 29.4. The molecule has 3 atom stereocenters. The van der Waals surface area contributed by atoms with E-state index >= 15 is 0 Å². The summed E-state index contributed by atoms with van der Waals surface area (Å²) in [5.74, 6) is 1.03. The Morgan fingerprint density at radius 2 is 1.74 bits per heavy atom. The van der Waals surface area contributed by atoms with E-state index in [0.717, 1.165) is 69.1 Å². The topological polar surface area (TPSA) is 75.1 Å². The van der Waals surface area contributed by atoms with Crippen LogP contribution in [0.15, 0.2) is 36.9 Å². The Bertz CT molecular complexity index is 1030. The molecule has 4 heterocycles. The van der Waals surface area contributed by atoms with E-state index in [9.17, 15) is 4.79 Å². The quantitative estimate of drug-likeness (QED) is 0.513. The standard InChI is InChI=1S/C30H43ClN6O/c31-24-8-6-22(7-9-24)16-28(35-25-12-14-32-15-13-25)29(38)37-26-10-11-27(37)18-30(17-26,19-36-21-33-20-34-36)23-4-2-1-3-5-23/h6-9,20-21,23,25-28,32,35H,1-5,10-19H2/t26?,27?,28-,30?/m1/s1. The van der Waals surface area contributed by atoms with Crippen LogP contribution in [-0.4, -0.2) is 62.8 Å². The third kappa shape index (κ3) is 5.66. The lowest BCUT2D eigenvalue weighted by Gasteiger charge is -2.52. The summed E-state index contributed by atoms with van der Waals surface area (Å²) in [6.45, 7) is 2.97. The first-order chi connectivity index (χ1) is 18.6. The van der Waals surface area contributed by atoms with Crippen LogP contribution in [0, 0.1) is 11.3 Å². The number of benzene rings is 1. The number of hydrogen-bond donors (Lipinski definition) is 2. The van der Waals surface area contributed by atoms with Gasteiger partial charge in [-0.05, 0) is 99.9 Å². The van der Waals surface area contributed by atoms with Gasteiger partial charge in [0.2, 0.25) is 5.91 Å². The van der Waals surface area contributed by atoms with Crippen molar-refractivity contribution in [2.45, 2.75) is 108 Å². The Kier molecular flexibility index (Phi) is 8.05. The number of carbonyl (C=O) groups is 1. The van der Waals surface area contributed by atoms with Gasteiger partial charge in [0.15, 0.2) is 0 Å². The summed E-state index contributed by atoms with van der Waals surface area (Å²) >= 11 is 6.17. The van der Waals surface area contributed by atoms with Crippen molar-refractivity contribution in [3.05, 3.63) is 47.5 Å². The van der Waals surface area contributed by atoms with E-state index in [2.05, 4.69) is 42.4 Å². The third-order valence-corrected chi connectivity index (χ3v) is 10.3. The summed E-state index contributed by atoms with van der Waals surface area (Å²) in [4.78, 5) is 21.0. The van der Waals surface area contributed by atoms with Crippen LogP contribution in [0.1, 0.15) is 76.2 Å². The highest BCUT2D eigenvalue weighted by molar-refractivity contribution is 6.30. The highest BCUT2D eigenvalue weighted by Gasteiger charge is 2.53. The number of piperidine rings is 2. The van der Waals surface area contributed by atoms with Crippen LogP contribution >= 0.6 is 11.6 Å². The molecular weight excluding hydrogens is 496 g/mol. The molecule has 8 heteroatoms. The fourth-order valence-electron chi connectivity index (χ4n) is 8.21. The van der Waals surface area contributed by atoms with Gasteiger partial charge in [0.05, 0.1) is 6.04 Å². The van der Waals surface area contributed by atoms with Gasteiger partial charge in [0.1, 0.15) is 12.7 Å². The zero-order valence-corrected chi connectivity index (χ0v) is 23.3. The van der Waals surface area contributed by atoms with Gasteiger partial charge in [-0.3, -0.25) is 9.48 Å². The van der Waals surface area contributed by atoms with Crippen molar-refractivity contribution < 1.29 is 4.79 Å². The molecule has 1 aliphatic carbocycles. The molecule has 0 radical (unpaired) electrons. The van der Waals surface area contributed by atoms with E-state index in [-0.39, 0.29) is 11.5 Å². The number of nitrogens with one attached hydrogen (secondary N) is 2. The lowest BCUT2D eigenvalue weighted by molar-refractivity contribution is -0.142. The van der Waals surface area contributed by atoms with Gasteiger partial charge in [-0.15, -0.1) is 0 Å². The largest absolute Gasteiger partial charge is 0.335 e. The SMILES string of the molecule is O=C([C@@H](Cc1ccc(Cl)cc1)NC1CCNCC1)N1C2CCC1CC(Cn1cncn1)(C1CCCCC1)C2. The molecule has 206 valence electrons. The molecule has 1 saturated carbocycles. The first-order valence-electron chi connectivity index (χ1n) is 15.0.